The first kappa shape index (κ1) is 18.7. The van der Waals surface area contributed by atoms with Crippen molar-refractivity contribution in [3.05, 3.63) is 86.4 Å². The minimum atomic E-state index is -0.386. The topological polar surface area (TPSA) is 52.7 Å². The molecule has 0 radical (unpaired) electrons. The molecule has 4 rings (SSSR count). The van der Waals surface area contributed by atoms with Crippen LogP contribution in [0.4, 0.5) is 4.39 Å². The van der Waals surface area contributed by atoms with E-state index in [4.69, 9.17) is 28.2 Å². The molecule has 2 aromatic carbocycles. The smallest absolute Gasteiger partial charge is 0.286 e. The van der Waals surface area contributed by atoms with Crippen molar-refractivity contribution in [3.63, 3.8) is 0 Å². The van der Waals surface area contributed by atoms with Crippen molar-refractivity contribution in [2.24, 2.45) is 0 Å². The molecule has 0 saturated heterocycles. The number of hydrogen-bond donors (Lipinski definition) is 0. The number of hydrogen-bond acceptors (Lipinski definition) is 3. The highest BCUT2D eigenvalue weighted by molar-refractivity contribution is 6.35. The van der Waals surface area contributed by atoms with E-state index in [2.05, 4.69) is 4.98 Å². The first-order valence-electron chi connectivity index (χ1n) is 8.64. The summed E-state index contributed by atoms with van der Waals surface area (Å²) in [6.07, 6.45) is 1.89. The van der Waals surface area contributed by atoms with Gasteiger partial charge >= 0.3 is 0 Å². The summed E-state index contributed by atoms with van der Waals surface area (Å²) < 4.78 is 16.6. The van der Waals surface area contributed by atoms with E-state index in [9.17, 15) is 9.18 Å². The van der Waals surface area contributed by atoms with Crippen molar-refractivity contribution >= 4 is 34.4 Å². The van der Waals surface area contributed by atoms with Crippen LogP contribution in [0.25, 0.3) is 16.9 Å². The molecule has 0 N–H and O–H groups in total. The average molecular weight is 417 g/mol. The highest BCUT2D eigenvalue weighted by atomic mass is 35.5. The largest absolute Gasteiger partial charge is 0.315 e. The van der Waals surface area contributed by atoms with Gasteiger partial charge in [0, 0.05) is 23.0 Å². The molecule has 2 heterocycles. The highest BCUT2D eigenvalue weighted by Gasteiger charge is 2.18. The molecular formula is C20H15Cl2FN4O. The van der Waals surface area contributed by atoms with Gasteiger partial charge in [0.1, 0.15) is 11.6 Å². The summed E-state index contributed by atoms with van der Waals surface area (Å²) in [6, 6.07) is 10.9. The zero-order chi connectivity index (χ0) is 19.8. The van der Waals surface area contributed by atoms with Crippen LogP contribution in [0.5, 0.6) is 0 Å². The van der Waals surface area contributed by atoms with Crippen molar-refractivity contribution in [2.45, 2.75) is 19.9 Å². The lowest BCUT2D eigenvalue weighted by Gasteiger charge is -2.14. The maximum atomic E-state index is 13.4. The predicted molar refractivity (Wildman–Crippen MR) is 108 cm³/mol. The third-order valence-electron chi connectivity index (χ3n) is 4.50. The lowest BCUT2D eigenvalue weighted by Crippen LogP contribution is -2.24. The van der Waals surface area contributed by atoms with E-state index in [1.165, 1.54) is 28.8 Å². The molecule has 0 atom stereocenters. The van der Waals surface area contributed by atoms with Gasteiger partial charge in [-0.1, -0.05) is 29.3 Å². The summed E-state index contributed by atoms with van der Waals surface area (Å²) in [5.41, 5.74) is 1.73. The van der Waals surface area contributed by atoms with Crippen LogP contribution < -0.4 is 5.56 Å². The first-order valence-corrected chi connectivity index (χ1v) is 9.40. The van der Waals surface area contributed by atoms with Crippen molar-refractivity contribution in [3.8, 4) is 5.69 Å². The molecule has 2 aromatic heterocycles. The second-order valence-electron chi connectivity index (χ2n) is 6.26. The Labute approximate surface area is 170 Å². The van der Waals surface area contributed by atoms with Gasteiger partial charge in [-0.05, 0) is 48.9 Å². The van der Waals surface area contributed by atoms with E-state index in [1.807, 2.05) is 6.92 Å². The molecule has 0 amide bonds. The van der Waals surface area contributed by atoms with Crippen molar-refractivity contribution in [1.29, 1.82) is 0 Å². The van der Waals surface area contributed by atoms with Gasteiger partial charge < -0.3 is 4.57 Å². The molecule has 0 bridgehead atoms. The summed E-state index contributed by atoms with van der Waals surface area (Å²) in [5, 5.41) is 1.01. The molecule has 0 aliphatic heterocycles. The van der Waals surface area contributed by atoms with Gasteiger partial charge in [-0.2, -0.15) is 0 Å². The van der Waals surface area contributed by atoms with Gasteiger partial charge in [0.2, 0.25) is 0 Å². The number of aryl methyl sites for hydroxylation is 1. The van der Waals surface area contributed by atoms with Crippen LogP contribution in [0.2, 0.25) is 10.0 Å². The maximum Gasteiger partial charge on any atom is 0.286 e. The predicted octanol–water partition coefficient (Wildman–Crippen LogP) is 4.64. The molecule has 8 heteroatoms. The van der Waals surface area contributed by atoms with E-state index in [0.717, 1.165) is 5.56 Å². The molecule has 0 fully saturated rings. The summed E-state index contributed by atoms with van der Waals surface area (Å²) in [6.45, 7) is 2.58. The molecule has 5 nitrogen and oxygen atoms in total. The lowest BCUT2D eigenvalue weighted by molar-refractivity contribution is 0.627. The highest BCUT2D eigenvalue weighted by Crippen LogP contribution is 2.24. The van der Waals surface area contributed by atoms with Crippen LogP contribution in [-0.2, 0) is 13.0 Å². The van der Waals surface area contributed by atoms with Crippen LogP contribution in [0.1, 0.15) is 18.3 Å². The summed E-state index contributed by atoms with van der Waals surface area (Å²) in [7, 11) is 0. The van der Waals surface area contributed by atoms with Gasteiger partial charge in [-0.3, -0.25) is 9.36 Å². The number of nitrogens with zero attached hydrogens (tertiary/aromatic N) is 4. The number of halogens is 3. The van der Waals surface area contributed by atoms with E-state index in [1.54, 1.807) is 29.1 Å². The first-order chi connectivity index (χ1) is 13.5. The molecule has 4 aromatic rings. The lowest BCUT2D eigenvalue weighted by atomic mass is 10.1. The Kier molecular flexibility index (Phi) is 4.91. The second-order valence-corrected chi connectivity index (χ2v) is 7.10. The second kappa shape index (κ2) is 7.37. The Morgan fingerprint density at radius 2 is 1.86 bits per heavy atom. The van der Waals surface area contributed by atoms with Crippen LogP contribution in [0.15, 0.2) is 53.6 Å². The van der Waals surface area contributed by atoms with Crippen molar-refractivity contribution in [2.75, 3.05) is 0 Å². The molecule has 0 spiro atoms. The molecular weight excluding hydrogens is 402 g/mol. The summed E-state index contributed by atoms with van der Waals surface area (Å²) >= 11 is 12.3. The average Bonchev–Trinajstić information content (AvgIpc) is 3.08. The fourth-order valence-corrected chi connectivity index (χ4v) is 3.56. The molecule has 0 aliphatic carbocycles. The van der Waals surface area contributed by atoms with Gasteiger partial charge in [-0.15, -0.1) is 0 Å². The fourth-order valence-electron chi connectivity index (χ4n) is 3.08. The standard InChI is InChI=1S/C20H15Cl2FN4O/c1-2-26-11-24-18-19(26)25-17(9-12-3-4-13(21)10-16(12)22)27(20(18)28)15-7-5-14(23)6-8-15/h3-8,10-11H,2,9H2,1H3. The Bertz CT molecular complexity index is 1230. The zero-order valence-electron chi connectivity index (χ0n) is 14.9. The number of fused-ring (bicyclic) bond motifs is 1. The quantitative estimate of drug-likeness (QED) is 0.486. The third-order valence-corrected chi connectivity index (χ3v) is 5.08. The van der Waals surface area contributed by atoms with Gasteiger partial charge in [0.05, 0.1) is 12.0 Å². The Morgan fingerprint density at radius 3 is 2.54 bits per heavy atom. The van der Waals surface area contributed by atoms with Gasteiger partial charge in [0.25, 0.3) is 5.56 Å². The zero-order valence-corrected chi connectivity index (χ0v) is 16.4. The summed E-state index contributed by atoms with van der Waals surface area (Å²) in [5.74, 6) is 0.0897. The maximum absolute atomic E-state index is 13.4. The minimum Gasteiger partial charge on any atom is -0.315 e. The Balaban J connectivity index is 1.97. The minimum absolute atomic E-state index is 0.261. The van der Waals surface area contributed by atoms with Gasteiger partial charge in [0.15, 0.2) is 11.2 Å². The van der Waals surface area contributed by atoms with E-state index in [0.29, 0.717) is 40.2 Å². The monoisotopic (exact) mass is 416 g/mol. The van der Waals surface area contributed by atoms with Gasteiger partial charge in [-0.25, -0.2) is 14.4 Å². The summed E-state index contributed by atoms with van der Waals surface area (Å²) in [4.78, 5) is 22.1. The molecule has 28 heavy (non-hydrogen) atoms. The van der Waals surface area contributed by atoms with Crippen molar-refractivity contribution < 1.29 is 4.39 Å². The van der Waals surface area contributed by atoms with Crippen LogP contribution in [0.3, 0.4) is 0 Å². The fraction of sp³-hybridized carbons (Fsp3) is 0.150. The van der Waals surface area contributed by atoms with Crippen molar-refractivity contribution in [1.82, 2.24) is 19.1 Å². The molecule has 142 valence electrons. The van der Waals surface area contributed by atoms with E-state index < -0.39 is 0 Å². The number of rotatable bonds is 4. The third kappa shape index (κ3) is 3.30. The Morgan fingerprint density at radius 1 is 1.11 bits per heavy atom. The van der Waals surface area contributed by atoms with Crippen LogP contribution in [0, 0.1) is 5.82 Å². The Hall–Kier alpha value is -2.70. The molecule has 0 aliphatic rings. The number of aromatic nitrogens is 4. The normalized spacial score (nSPS) is 11.3. The number of benzene rings is 2. The molecule has 0 unspecified atom stereocenters. The van der Waals surface area contributed by atoms with Crippen LogP contribution >= 0.6 is 23.2 Å². The SMILES string of the molecule is CCn1cnc2c(=O)n(-c3ccc(F)cc3)c(Cc3ccc(Cl)cc3Cl)nc21. The number of imidazole rings is 1. The molecule has 0 saturated carbocycles. The van der Waals surface area contributed by atoms with E-state index >= 15 is 0 Å². The van der Waals surface area contributed by atoms with Crippen LogP contribution in [-0.4, -0.2) is 19.1 Å². The van der Waals surface area contributed by atoms with E-state index in [-0.39, 0.29) is 16.9 Å².